The van der Waals surface area contributed by atoms with Gasteiger partial charge in [-0.3, -0.25) is 4.79 Å². The molecule has 0 saturated heterocycles. The van der Waals surface area contributed by atoms with Crippen molar-refractivity contribution in [3.63, 3.8) is 0 Å². The molecule has 0 aliphatic heterocycles. The second kappa shape index (κ2) is 5.58. The van der Waals surface area contributed by atoms with E-state index < -0.39 is 0 Å². The molecule has 2 aromatic heterocycles. The third kappa shape index (κ3) is 2.76. The number of rotatable bonds is 3. The van der Waals surface area contributed by atoms with E-state index in [-0.39, 0.29) is 5.56 Å². The third-order valence-corrected chi connectivity index (χ3v) is 3.51. The quantitative estimate of drug-likeness (QED) is 0.698. The molecule has 5 heteroatoms. The van der Waals surface area contributed by atoms with Crippen LogP contribution in [0.5, 0.6) is 5.75 Å². The molecule has 0 fully saturated rings. The van der Waals surface area contributed by atoms with E-state index in [0.29, 0.717) is 17.2 Å². The molecule has 0 bridgehead atoms. The van der Waals surface area contributed by atoms with Crippen molar-refractivity contribution in [1.82, 2.24) is 9.55 Å². The molecule has 3 aromatic rings. The molecule has 0 unspecified atom stereocenters. The van der Waals surface area contributed by atoms with Crippen LogP contribution in [0.15, 0.2) is 53.5 Å². The van der Waals surface area contributed by atoms with Crippen molar-refractivity contribution in [2.45, 2.75) is 6.54 Å². The summed E-state index contributed by atoms with van der Waals surface area (Å²) in [6.07, 6.45) is 1.77. The van der Waals surface area contributed by atoms with Gasteiger partial charge in [0.25, 0.3) is 5.56 Å². The summed E-state index contributed by atoms with van der Waals surface area (Å²) in [5, 5.41) is 1.11. The van der Waals surface area contributed by atoms with E-state index in [1.54, 1.807) is 30.0 Å². The number of hydrogen-bond acceptors (Lipinski definition) is 3. The summed E-state index contributed by atoms with van der Waals surface area (Å²) in [5.41, 5.74) is 1.25. The fourth-order valence-corrected chi connectivity index (χ4v) is 2.33. The third-order valence-electron chi connectivity index (χ3n) is 3.30. The molecule has 0 radical (unpaired) electrons. The van der Waals surface area contributed by atoms with Crippen LogP contribution in [0.1, 0.15) is 5.56 Å². The van der Waals surface area contributed by atoms with Crippen LogP contribution in [0.4, 0.5) is 0 Å². The number of nitrogens with zero attached hydrogens (tertiary/aromatic N) is 2. The molecule has 0 saturated carbocycles. The minimum absolute atomic E-state index is 0.147. The minimum atomic E-state index is -0.147. The molecule has 3 rings (SSSR count). The van der Waals surface area contributed by atoms with Crippen molar-refractivity contribution in [3.8, 4) is 5.75 Å². The Bertz CT molecular complexity index is 841. The van der Waals surface area contributed by atoms with Crippen molar-refractivity contribution in [2.24, 2.45) is 0 Å². The highest BCUT2D eigenvalue weighted by Gasteiger charge is 2.05. The zero-order chi connectivity index (χ0) is 14.8. The first-order valence-corrected chi connectivity index (χ1v) is 6.84. The minimum Gasteiger partial charge on any atom is -0.497 e. The molecule has 0 atom stereocenters. The molecular weight excluding hydrogens is 288 g/mol. The Morgan fingerprint density at radius 2 is 1.90 bits per heavy atom. The first-order chi connectivity index (χ1) is 10.2. The van der Waals surface area contributed by atoms with Crippen molar-refractivity contribution in [2.75, 3.05) is 7.11 Å². The van der Waals surface area contributed by atoms with Crippen LogP contribution in [0.25, 0.3) is 10.9 Å². The Hall–Kier alpha value is -2.33. The molecule has 4 nitrogen and oxygen atoms in total. The molecule has 21 heavy (non-hydrogen) atoms. The van der Waals surface area contributed by atoms with Crippen molar-refractivity contribution in [3.05, 3.63) is 69.7 Å². The van der Waals surface area contributed by atoms with E-state index in [2.05, 4.69) is 4.98 Å². The second-order valence-electron chi connectivity index (χ2n) is 4.67. The molecule has 2 heterocycles. The Morgan fingerprint density at radius 3 is 2.62 bits per heavy atom. The zero-order valence-corrected chi connectivity index (χ0v) is 12.2. The Morgan fingerprint density at radius 1 is 1.14 bits per heavy atom. The number of aromatic nitrogens is 2. The SMILES string of the molecule is COc1ccc(Cn2ccc3ccc(Cl)nc3c2=O)cc1. The Kier molecular flexibility index (Phi) is 3.62. The maximum atomic E-state index is 12.4. The molecule has 0 N–H and O–H groups in total. The molecular formula is C16H13ClN2O2. The van der Waals surface area contributed by atoms with Crippen LogP contribution in [0.2, 0.25) is 5.15 Å². The average Bonchev–Trinajstić information content (AvgIpc) is 2.51. The summed E-state index contributed by atoms with van der Waals surface area (Å²) in [5.74, 6) is 0.790. The highest BCUT2D eigenvalue weighted by molar-refractivity contribution is 6.29. The number of hydrogen-bond donors (Lipinski definition) is 0. The average molecular weight is 301 g/mol. The monoisotopic (exact) mass is 300 g/mol. The summed E-state index contributed by atoms with van der Waals surface area (Å²) in [6.45, 7) is 0.479. The Balaban J connectivity index is 2.00. The van der Waals surface area contributed by atoms with Gasteiger partial charge in [0.05, 0.1) is 13.7 Å². The largest absolute Gasteiger partial charge is 0.497 e. The highest BCUT2D eigenvalue weighted by atomic mass is 35.5. The van der Waals surface area contributed by atoms with Gasteiger partial charge in [0.15, 0.2) is 0 Å². The lowest BCUT2D eigenvalue weighted by Crippen LogP contribution is -2.20. The van der Waals surface area contributed by atoms with Crippen LogP contribution < -0.4 is 10.3 Å². The van der Waals surface area contributed by atoms with Gasteiger partial charge in [-0.2, -0.15) is 0 Å². The lowest BCUT2D eigenvalue weighted by Gasteiger charge is -2.08. The van der Waals surface area contributed by atoms with Crippen LogP contribution >= 0.6 is 11.6 Å². The van der Waals surface area contributed by atoms with Gasteiger partial charge in [0.1, 0.15) is 16.4 Å². The summed E-state index contributed by atoms with van der Waals surface area (Å²) >= 11 is 5.86. The van der Waals surface area contributed by atoms with Gasteiger partial charge in [0, 0.05) is 11.6 Å². The summed E-state index contributed by atoms with van der Waals surface area (Å²) < 4.78 is 6.74. The van der Waals surface area contributed by atoms with E-state index in [9.17, 15) is 4.79 Å². The first-order valence-electron chi connectivity index (χ1n) is 6.46. The smallest absolute Gasteiger partial charge is 0.277 e. The van der Waals surface area contributed by atoms with Gasteiger partial charge in [-0.1, -0.05) is 23.7 Å². The summed E-state index contributed by atoms with van der Waals surface area (Å²) in [4.78, 5) is 16.5. The predicted octanol–water partition coefficient (Wildman–Crippen LogP) is 3.11. The molecule has 0 spiro atoms. The number of halogens is 1. The lowest BCUT2D eigenvalue weighted by molar-refractivity contribution is 0.414. The van der Waals surface area contributed by atoms with Gasteiger partial charge < -0.3 is 9.30 Å². The number of pyridine rings is 2. The standard InChI is InChI=1S/C16H13ClN2O2/c1-21-13-5-2-11(3-6-13)10-19-9-8-12-4-7-14(17)18-15(12)16(19)20/h2-9H,10H2,1H3. The number of methoxy groups -OCH3 is 1. The van der Waals surface area contributed by atoms with Crippen LogP contribution in [0, 0.1) is 0 Å². The zero-order valence-electron chi connectivity index (χ0n) is 11.4. The normalized spacial score (nSPS) is 10.8. The molecule has 0 aliphatic rings. The van der Waals surface area contributed by atoms with Crippen molar-refractivity contribution in [1.29, 1.82) is 0 Å². The number of ether oxygens (including phenoxy) is 1. The lowest BCUT2D eigenvalue weighted by atomic mass is 10.2. The summed E-state index contributed by atoms with van der Waals surface area (Å²) in [6, 6.07) is 12.9. The van der Waals surface area contributed by atoms with Crippen LogP contribution in [-0.2, 0) is 6.54 Å². The number of fused-ring (bicyclic) bond motifs is 1. The van der Waals surface area contributed by atoms with E-state index in [1.165, 1.54) is 0 Å². The molecule has 0 aliphatic carbocycles. The second-order valence-corrected chi connectivity index (χ2v) is 5.06. The first kappa shape index (κ1) is 13.6. The van der Waals surface area contributed by atoms with E-state index in [4.69, 9.17) is 16.3 Å². The highest BCUT2D eigenvalue weighted by Crippen LogP contribution is 2.14. The van der Waals surface area contributed by atoms with Crippen molar-refractivity contribution < 1.29 is 4.74 Å². The van der Waals surface area contributed by atoms with Crippen molar-refractivity contribution >= 4 is 22.5 Å². The van der Waals surface area contributed by atoms with Gasteiger partial charge in [-0.25, -0.2) is 4.98 Å². The van der Waals surface area contributed by atoms with Gasteiger partial charge in [-0.05, 0) is 35.9 Å². The van der Waals surface area contributed by atoms with Gasteiger partial charge in [-0.15, -0.1) is 0 Å². The Labute approximate surface area is 126 Å². The maximum absolute atomic E-state index is 12.4. The molecule has 1 aromatic carbocycles. The van der Waals surface area contributed by atoms with E-state index >= 15 is 0 Å². The van der Waals surface area contributed by atoms with Gasteiger partial charge in [0.2, 0.25) is 0 Å². The van der Waals surface area contributed by atoms with E-state index in [0.717, 1.165) is 16.7 Å². The summed E-state index contributed by atoms with van der Waals surface area (Å²) in [7, 11) is 1.62. The fraction of sp³-hybridized carbons (Fsp3) is 0.125. The maximum Gasteiger partial charge on any atom is 0.277 e. The molecule has 106 valence electrons. The number of benzene rings is 1. The van der Waals surface area contributed by atoms with Crippen LogP contribution in [0.3, 0.4) is 0 Å². The predicted molar refractivity (Wildman–Crippen MR) is 83.1 cm³/mol. The fourth-order valence-electron chi connectivity index (χ4n) is 2.18. The topological polar surface area (TPSA) is 44.1 Å². The van der Waals surface area contributed by atoms with E-state index in [1.807, 2.05) is 30.3 Å². The van der Waals surface area contributed by atoms with Crippen LogP contribution in [-0.4, -0.2) is 16.7 Å². The molecule has 0 amide bonds. The van der Waals surface area contributed by atoms with Gasteiger partial charge >= 0.3 is 0 Å².